The number of carboxylic acid groups (broad SMARTS) is 1. The highest BCUT2D eigenvalue weighted by molar-refractivity contribution is 6.21. The largest absolute Gasteiger partial charge is 0.480 e. The molecule has 5 nitrogen and oxygen atoms in total. The van der Waals surface area contributed by atoms with Crippen LogP contribution in [0.4, 0.5) is 0 Å². The molecule has 0 aromatic heterocycles. The van der Waals surface area contributed by atoms with E-state index in [2.05, 4.69) is 0 Å². The number of carbonyl (C=O) groups is 3. The Bertz CT molecular complexity index is 414. The van der Waals surface area contributed by atoms with Crippen LogP contribution in [-0.4, -0.2) is 28.2 Å². The maximum atomic E-state index is 11.4. The van der Waals surface area contributed by atoms with Gasteiger partial charge in [0.25, 0.3) is 0 Å². The van der Waals surface area contributed by atoms with Gasteiger partial charge in [-0.25, -0.2) is 0 Å². The normalized spacial score (nSPS) is 23.3. The molecule has 0 bridgehead atoms. The van der Waals surface area contributed by atoms with E-state index in [1.165, 1.54) is 0 Å². The second-order valence-corrected chi connectivity index (χ2v) is 3.83. The molecule has 0 fully saturated rings. The molecule has 2 aliphatic carbocycles. The van der Waals surface area contributed by atoms with Gasteiger partial charge >= 0.3 is 5.97 Å². The van der Waals surface area contributed by atoms with E-state index in [4.69, 9.17) is 10.8 Å². The fourth-order valence-corrected chi connectivity index (χ4v) is 1.88. The van der Waals surface area contributed by atoms with Crippen molar-refractivity contribution in [2.45, 2.75) is 18.4 Å². The van der Waals surface area contributed by atoms with Gasteiger partial charge in [-0.05, 0) is 12.2 Å². The van der Waals surface area contributed by atoms with Crippen LogP contribution >= 0.6 is 0 Å². The third kappa shape index (κ3) is 1.32. The summed E-state index contributed by atoms with van der Waals surface area (Å²) in [6, 6.07) is 0. The third-order valence-electron chi connectivity index (χ3n) is 2.76. The molecule has 0 heterocycles. The van der Waals surface area contributed by atoms with Gasteiger partial charge in [0.1, 0.15) is 5.54 Å². The molecule has 0 unspecified atom stereocenters. The molecule has 0 aliphatic heterocycles. The molecule has 5 heteroatoms. The van der Waals surface area contributed by atoms with Crippen molar-refractivity contribution in [3.8, 4) is 0 Å². The first-order chi connectivity index (χ1) is 6.94. The first kappa shape index (κ1) is 9.79. The molecule has 0 amide bonds. The number of carboxylic acids is 1. The number of carbonyl (C=O) groups excluding carboxylic acids is 2. The summed E-state index contributed by atoms with van der Waals surface area (Å²) in [7, 11) is 0. The predicted octanol–water partition coefficient (Wildman–Crippen LogP) is -0.433. The van der Waals surface area contributed by atoms with E-state index in [9.17, 15) is 14.4 Å². The summed E-state index contributed by atoms with van der Waals surface area (Å²) >= 11 is 0. The van der Waals surface area contributed by atoms with Crippen LogP contribution in [0.1, 0.15) is 12.8 Å². The quantitative estimate of drug-likeness (QED) is 0.568. The van der Waals surface area contributed by atoms with E-state index in [1.807, 2.05) is 0 Å². The van der Waals surface area contributed by atoms with Crippen molar-refractivity contribution < 1.29 is 19.5 Å². The molecule has 78 valence electrons. The Labute approximate surface area is 85.3 Å². The van der Waals surface area contributed by atoms with Gasteiger partial charge in [0.15, 0.2) is 11.6 Å². The predicted molar refractivity (Wildman–Crippen MR) is 50.0 cm³/mol. The highest BCUT2D eigenvalue weighted by Crippen LogP contribution is 2.36. The molecule has 0 saturated heterocycles. The first-order valence-corrected chi connectivity index (χ1v) is 4.45. The second-order valence-electron chi connectivity index (χ2n) is 3.83. The molecule has 0 spiro atoms. The molecular formula is C10H9NO4. The highest BCUT2D eigenvalue weighted by Gasteiger charge is 2.45. The summed E-state index contributed by atoms with van der Waals surface area (Å²) in [4.78, 5) is 33.7. The van der Waals surface area contributed by atoms with Crippen LogP contribution in [0, 0.1) is 0 Å². The van der Waals surface area contributed by atoms with Gasteiger partial charge in [-0.15, -0.1) is 0 Å². The average Bonchev–Trinajstić information content (AvgIpc) is 2.53. The Morgan fingerprint density at radius 2 is 1.60 bits per heavy atom. The van der Waals surface area contributed by atoms with Gasteiger partial charge in [0.2, 0.25) is 0 Å². The standard InChI is InChI=1S/C10H9NO4/c11-10(9(14)15)3-5-6(4-10)8(13)2-1-7(5)12/h1-2H,3-4,11H2,(H,14,15). The fraction of sp³-hybridized carbons (Fsp3) is 0.300. The maximum absolute atomic E-state index is 11.4. The van der Waals surface area contributed by atoms with Crippen molar-refractivity contribution in [1.29, 1.82) is 0 Å². The maximum Gasteiger partial charge on any atom is 0.324 e. The molecule has 0 saturated carbocycles. The molecule has 0 aromatic rings. The molecule has 3 N–H and O–H groups in total. The molecule has 2 aliphatic rings. The summed E-state index contributed by atoms with van der Waals surface area (Å²) in [6.45, 7) is 0. The third-order valence-corrected chi connectivity index (χ3v) is 2.76. The lowest BCUT2D eigenvalue weighted by Crippen LogP contribution is -2.46. The number of rotatable bonds is 1. The van der Waals surface area contributed by atoms with E-state index >= 15 is 0 Å². The van der Waals surface area contributed by atoms with Crippen molar-refractivity contribution in [3.05, 3.63) is 23.3 Å². The van der Waals surface area contributed by atoms with Crippen LogP contribution in [0.2, 0.25) is 0 Å². The minimum atomic E-state index is -1.50. The number of allylic oxidation sites excluding steroid dienone is 2. The second kappa shape index (κ2) is 2.87. The van der Waals surface area contributed by atoms with Gasteiger partial charge in [-0.1, -0.05) is 0 Å². The first-order valence-electron chi connectivity index (χ1n) is 4.45. The van der Waals surface area contributed by atoms with E-state index in [0.29, 0.717) is 0 Å². The van der Waals surface area contributed by atoms with Crippen molar-refractivity contribution in [2.24, 2.45) is 5.73 Å². The smallest absolute Gasteiger partial charge is 0.324 e. The van der Waals surface area contributed by atoms with Gasteiger partial charge in [0.05, 0.1) is 0 Å². The Morgan fingerprint density at radius 1 is 1.20 bits per heavy atom. The molecule has 0 aromatic carbocycles. The summed E-state index contributed by atoms with van der Waals surface area (Å²) < 4.78 is 0. The number of nitrogens with two attached hydrogens (primary N) is 1. The summed E-state index contributed by atoms with van der Waals surface area (Å²) in [5, 5.41) is 8.90. The Balaban J connectivity index is 2.38. The molecular weight excluding hydrogens is 198 g/mol. The van der Waals surface area contributed by atoms with Crippen molar-refractivity contribution >= 4 is 17.5 Å². The lowest BCUT2D eigenvalue weighted by Gasteiger charge is -2.17. The van der Waals surface area contributed by atoms with Crippen molar-refractivity contribution in [1.82, 2.24) is 0 Å². The zero-order chi connectivity index (χ0) is 11.2. The Morgan fingerprint density at radius 3 is 1.93 bits per heavy atom. The average molecular weight is 207 g/mol. The van der Waals surface area contributed by atoms with Crippen LogP contribution in [-0.2, 0) is 14.4 Å². The minimum absolute atomic E-state index is 0.0629. The van der Waals surface area contributed by atoms with Crippen LogP contribution in [0.3, 0.4) is 0 Å². The van der Waals surface area contributed by atoms with E-state index in [1.54, 1.807) is 0 Å². The number of aliphatic carboxylic acids is 1. The van der Waals surface area contributed by atoms with E-state index < -0.39 is 11.5 Å². The zero-order valence-corrected chi connectivity index (χ0v) is 7.82. The summed E-state index contributed by atoms with van der Waals surface area (Å²) in [5.41, 5.74) is 4.63. The van der Waals surface area contributed by atoms with Gasteiger partial charge in [-0.2, -0.15) is 0 Å². The van der Waals surface area contributed by atoms with Gasteiger partial charge in [0, 0.05) is 24.0 Å². The number of ketones is 2. The number of hydrogen-bond donors (Lipinski definition) is 2. The zero-order valence-electron chi connectivity index (χ0n) is 7.82. The molecule has 2 rings (SSSR count). The fourth-order valence-electron chi connectivity index (χ4n) is 1.88. The number of hydrogen-bond acceptors (Lipinski definition) is 4. The van der Waals surface area contributed by atoms with Crippen LogP contribution in [0.25, 0.3) is 0 Å². The Kier molecular flexibility index (Phi) is 1.87. The van der Waals surface area contributed by atoms with Crippen LogP contribution in [0.15, 0.2) is 23.3 Å². The topological polar surface area (TPSA) is 97.5 Å². The summed E-state index contributed by atoms with van der Waals surface area (Å²) in [6.07, 6.45) is 2.20. The molecule has 0 radical (unpaired) electrons. The Hall–Kier alpha value is -1.75. The van der Waals surface area contributed by atoms with E-state index in [0.717, 1.165) is 12.2 Å². The highest BCUT2D eigenvalue weighted by atomic mass is 16.4. The monoisotopic (exact) mass is 207 g/mol. The van der Waals surface area contributed by atoms with Crippen molar-refractivity contribution in [2.75, 3.05) is 0 Å². The summed E-state index contributed by atoms with van der Waals surface area (Å²) in [5.74, 6) is -1.80. The SMILES string of the molecule is NC1(C(=O)O)CC2=C(C1)C(=O)C=CC2=O. The van der Waals surface area contributed by atoms with Crippen LogP contribution in [0.5, 0.6) is 0 Å². The minimum Gasteiger partial charge on any atom is -0.480 e. The van der Waals surface area contributed by atoms with E-state index in [-0.39, 0.29) is 35.6 Å². The van der Waals surface area contributed by atoms with Gasteiger partial charge in [-0.3, -0.25) is 14.4 Å². The van der Waals surface area contributed by atoms with Crippen molar-refractivity contribution in [3.63, 3.8) is 0 Å². The molecule has 0 atom stereocenters. The molecule has 15 heavy (non-hydrogen) atoms. The lowest BCUT2D eigenvalue weighted by atomic mass is 9.96. The van der Waals surface area contributed by atoms with Gasteiger partial charge < -0.3 is 10.8 Å². The van der Waals surface area contributed by atoms with Crippen LogP contribution < -0.4 is 5.73 Å². The lowest BCUT2D eigenvalue weighted by molar-refractivity contribution is -0.142.